The zero-order valence-corrected chi connectivity index (χ0v) is 10.6. The van der Waals surface area contributed by atoms with Crippen LogP contribution in [0, 0.1) is 0 Å². The average molecular weight is 221 g/mol. The van der Waals surface area contributed by atoms with E-state index in [-0.39, 0.29) is 0 Å². The lowest BCUT2D eigenvalue weighted by Crippen LogP contribution is -2.26. The van der Waals surface area contributed by atoms with Crippen LogP contribution in [0.2, 0.25) is 0 Å². The van der Waals surface area contributed by atoms with Gasteiger partial charge < -0.3 is 10.2 Å². The van der Waals surface area contributed by atoms with Crippen molar-refractivity contribution < 1.29 is 0 Å². The standard InChI is InChI=1S/C13H23N3/c1-4-8-15-13(7-10-16(2)3)12-6-5-9-14-11-12/h5-6,9,11,13,15H,4,7-8,10H2,1-3H3. The molecule has 0 radical (unpaired) electrons. The van der Waals surface area contributed by atoms with Gasteiger partial charge in [0, 0.05) is 18.4 Å². The molecule has 0 aliphatic rings. The third-order valence-electron chi connectivity index (χ3n) is 2.59. The molecule has 1 aromatic heterocycles. The summed E-state index contributed by atoms with van der Waals surface area (Å²) < 4.78 is 0. The van der Waals surface area contributed by atoms with Crippen LogP contribution in [0.25, 0.3) is 0 Å². The summed E-state index contributed by atoms with van der Waals surface area (Å²) in [5.74, 6) is 0. The van der Waals surface area contributed by atoms with E-state index in [0.29, 0.717) is 6.04 Å². The first-order valence-corrected chi connectivity index (χ1v) is 6.02. The van der Waals surface area contributed by atoms with Crippen molar-refractivity contribution in [3.8, 4) is 0 Å². The highest BCUT2D eigenvalue weighted by molar-refractivity contribution is 5.13. The molecule has 0 bridgehead atoms. The first kappa shape index (κ1) is 13.1. The van der Waals surface area contributed by atoms with Crippen molar-refractivity contribution in [2.45, 2.75) is 25.8 Å². The number of rotatable bonds is 7. The molecule has 90 valence electrons. The van der Waals surface area contributed by atoms with Crippen LogP contribution in [0.4, 0.5) is 0 Å². The van der Waals surface area contributed by atoms with Gasteiger partial charge in [0.1, 0.15) is 0 Å². The number of hydrogen-bond donors (Lipinski definition) is 1. The Bertz CT molecular complexity index is 272. The molecule has 3 heteroatoms. The van der Waals surface area contributed by atoms with Gasteiger partial charge in [-0.1, -0.05) is 13.0 Å². The number of hydrogen-bond acceptors (Lipinski definition) is 3. The third kappa shape index (κ3) is 4.73. The molecule has 0 aromatic carbocycles. The molecule has 0 saturated carbocycles. The van der Waals surface area contributed by atoms with Crippen molar-refractivity contribution in [2.24, 2.45) is 0 Å². The van der Waals surface area contributed by atoms with Crippen molar-refractivity contribution in [3.63, 3.8) is 0 Å². The second-order valence-electron chi connectivity index (χ2n) is 4.39. The Morgan fingerprint density at radius 1 is 1.44 bits per heavy atom. The third-order valence-corrected chi connectivity index (χ3v) is 2.59. The highest BCUT2D eigenvalue weighted by Crippen LogP contribution is 2.15. The Morgan fingerprint density at radius 3 is 2.81 bits per heavy atom. The van der Waals surface area contributed by atoms with Crippen LogP contribution in [-0.2, 0) is 0 Å². The van der Waals surface area contributed by atoms with Crippen molar-refractivity contribution in [1.29, 1.82) is 0 Å². The molecule has 0 fully saturated rings. The van der Waals surface area contributed by atoms with Crippen LogP contribution in [0.5, 0.6) is 0 Å². The monoisotopic (exact) mass is 221 g/mol. The highest BCUT2D eigenvalue weighted by atomic mass is 15.1. The van der Waals surface area contributed by atoms with E-state index in [4.69, 9.17) is 0 Å². The second kappa shape index (κ2) is 7.36. The van der Waals surface area contributed by atoms with Crippen molar-refractivity contribution in [1.82, 2.24) is 15.2 Å². The SMILES string of the molecule is CCCNC(CCN(C)C)c1cccnc1. The Balaban J connectivity index is 2.56. The fourth-order valence-corrected chi connectivity index (χ4v) is 1.67. The topological polar surface area (TPSA) is 28.2 Å². The predicted octanol–water partition coefficient (Wildman–Crippen LogP) is 2.07. The van der Waals surface area contributed by atoms with Crippen molar-refractivity contribution in [3.05, 3.63) is 30.1 Å². The van der Waals surface area contributed by atoms with Gasteiger partial charge in [0.15, 0.2) is 0 Å². The molecule has 16 heavy (non-hydrogen) atoms. The molecule has 1 atom stereocenters. The number of nitrogens with zero attached hydrogens (tertiary/aromatic N) is 2. The second-order valence-corrected chi connectivity index (χ2v) is 4.39. The van der Waals surface area contributed by atoms with Crippen LogP contribution in [0.1, 0.15) is 31.4 Å². The van der Waals surface area contributed by atoms with Gasteiger partial charge in [0.2, 0.25) is 0 Å². The Hall–Kier alpha value is -0.930. The normalized spacial score (nSPS) is 13.0. The molecule has 1 rings (SSSR count). The average Bonchev–Trinajstić information content (AvgIpc) is 2.30. The molecule has 1 heterocycles. The predicted molar refractivity (Wildman–Crippen MR) is 68.4 cm³/mol. The summed E-state index contributed by atoms with van der Waals surface area (Å²) in [6.45, 7) is 4.35. The van der Waals surface area contributed by atoms with Crippen LogP contribution in [0.15, 0.2) is 24.5 Å². The van der Waals surface area contributed by atoms with Crippen LogP contribution >= 0.6 is 0 Å². The minimum Gasteiger partial charge on any atom is -0.310 e. The summed E-state index contributed by atoms with van der Waals surface area (Å²) in [7, 11) is 4.22. The van der Waals surface area contributed by atoms with E-state index in [1.165, 1.54) is 12.0 Å². The van der Waals surface area contributed by atoms with Gasteiger partial charge in [0.25, 0.3) is 0 Å². The van der Waals surface area contributed by atoms with Gasteiger partial charge in [0.05, 0.1) is 0 Å². The minimum absolute atomic E-state index is 0.427. The quantitative estimate of drug-likeness (QED) is 0.764. The molecule has 1 N–H and O–H groups in total. The summed E-state index contributed by atoms with van der Waals surface area (Å²) in [5, 5.41) is 3.57. The van der Waals surface area contributed by atoms with Crippen LogP contribution in [0.3, 0.4) is 0 Å². The molecular formula is C13H23N3. The van der Waals surface area contributed by atoms with E-state index in [9.17, 15) is 0 Å². The molecule has 0 amide bonds. The number of nitrogens with one attached hydrogen (secondary N) is 1. The summed E-state index contributed by atoms with van der Waals surface area (Å²) in [6.07, 6.45) is 6.08. The minimum atomic E-state index is 0.427. The maximum Gasteiger partial charge on any atom is 0.0347 e. The number of aromatic nitrogens is 1. The van der Waals surface area contributed by atoms with E-state index >= 15 is 0 Å². The lowest BCUT2D eigenvalue weighted by molar-refractivity contribution is 0.360. The lowest BCUT2D eigenvalue weighted by Gasteiger charge is -2.20. The Kier molecular flexibility index (Phi) is 6.04. The zero-order chi connectivity index (χ0) is 11.8. The van der Waals surface area contributed by atoms with E-state index < -0.39 is 0 Å². The smallest absolute Gasteiger partial charge is 0.0347 e. The molecule has 1 aromatic rings. The number of pyridine rings is 1. The summed E-state index contributed by atoms with van der Waals surface area (Å²) in [5.41, 5.74) is 1.29. The van der Waals surface area contributed by atoms with E-state index in [1.54, 1.807) is 0 Å². The summed E-state index contributed by atoms with van der Waals surface area (Å²) >= 11 is 0. The van der Waals surface area contributed by atoms with E-state index in [0.717, 1.165) is 19.5 Å². The van der Waals surface area contributed by atoms with E-state index in [1.807, 2.05) is 18.5 Å². The molecule has 0 aliphatic heterocycles. The van der Waals surface area contributed by atoms with Crippen LogP contribution in [-0.4, -0.2) is 37.1 Å². The van der Waals surface area contributed by atoms with Gasteiger partial charge in [-0.3, -0.25) is 4.98 Å². The lowest BCUT2D eigenvalue weighted by atomic mass is 10.1. The van der Waals surface area contributed by atoms with Gasteiger partial charge in [-0.15, -0.1) is 0 Å². The van der Waals surface area contributed by atoms with Crippen molar-refractivity contribution in [2.75, 3.05) is 27.2 Å². The fraction of sp³-hybridized carbons (Fsp3) is 0.615. The van der Waals surface area contributed by atoms with Gasteiger partial charge in [-0.05, 0) is 51.7 Å². The van der Waals surface area contributed by atoms with Gasteiger partial charge >= 0.3 is 0 Å². The highest BCUT2D eigenvalue weighted by Gasteiger charge is 2.10. The zero-order valence-electron chi connectivity index (χ0n) is 10.6. The first-order valence-electron chi connectivity index (χ1n) is 6.02. The molecule has 0 aliphatic carbocycles. The molecular weight excluding hydrogens is 198 g/mol. The maximum absolute atomic E-state index is 4.19. The molecule has 0 saturated heterocycles. The van der Waals surface area contributed by atoms with Gasteiger partial charge in [-0.2, -0.15) is 0 Å². The molecule has 0 spiro atoms. The largest absolute Gasteiger partial charge is 0.310 e. The van der Waals surface area contributed by atoms with E-state index in [2.05, 4.69) is 42.3 Å². The Morgan fingerprint density at radius 2 is 2.25 bits per heavy atom. The first-order chi connectivity index (χ1) is 7.74. The molecule has 1 unspecified atom stereocenters. The molecule has 3 nitrogen and oxygen atoms in total. The van der Waals surface area contributed by atoms with Gasteiger partial charge in [-0.25, -0.2) is 0 Å². The van der Waals surface area contributed by atoms with Crippen molar-refractivity contribution >= 4 is 0 Å². The summed E-state index contributed by atoms with van der Waals surface area (Å²) in [4.78, 5) is 6.41. The van der Waals surface area contributed by atoms with Crippen LogP contribution < -0.4 is 5.32 Å². The Labute approximate surface area is 98.9 Å². The maximum atomic E-state index is 4.19. The summed E-state index contributed by atoms with van der Waals surface area (Å²) in [6, 6.07) is 4.58. The fourth-order valence-electron chi connectivity index (χ4n) is 1.67.